The number of Topliss-reactive ketones (excluding diaryl/α,β-unsaturated/α-hetero) is 2. The van der Waals surface area contributed by atoms with Crippen LogP contribution in [0.15, 0.2) is 48.7 Å². The number of aromatic nitrogens is 1. The summed E-state index contributed by atoms with van der Waals surface area (Å²) in [6.45, 7) is 9.01. The van der Waals surface area contributed by atoms with Gasteiger partial charge in [-0.2, -0.15) is 0 Å². The lowest BCUT2D eigenvalue weighted by molar-refractivity contribution is -0.124. The van der Waals surface area contributed by atoms with Crippen molar-refractivity contribution in [2.45, 2.75) is 78.1 Å². The normalized spacial score (nSPS) is 12.9. The summed E-state index contributed by atoms with van der Waals surface area (Å²) in [4.78, 5) is 54.0. The molecule has 4 N–H and O–H groups in total. The molecule has 0 saturated heterocycles. The van der Waals surface area contributed by atoms with Crippen molar-refractivity contribution < 1.29 is 23.9 Å². The van der Waals surface area contributed by atoms with Gasteiger partial charge in [-0.15, -0.1) is 0 Å². The topological polar surface area (TPSA) is 140 Å². The number of pyridine rings is 1. The molecular formula is C28H38N4O5. The summed E-state index contributed by atoms with van der Waals surface area (Å²) in [5, 5.41) is 5.39. The van der Waals surface area contributed by atoms with Gasteiger partial charge in [0, 0.05) is 25.6 Å². The van der Waals surface area contributed by atoms with E-state index in [1.807, 2.05) is 44.2 Å². The van der Waals surface area contributed by atoms with Crippen LogP contribution in [-0.2, 0) is 27.3 Å². The maximum atomic E-state index is 12.7. The van der Waals surface area contributed by atoms with E-state index in [-0.39, 0.29) is 48.5 Å². The minimum absolute atomic E-state index is 0.000628. The van der Waals surface area contributed by atoms with Gasteiger partial charge >= 0.3 is 6.09 Å². The molecule has 2 amide bonds. The van der Waals surface area contributed by atoms with Gasteiger partial charge in [-0.05, 0) is 56.4 Å². The first-order chi connectivity index (χ1) is 17.4. The minimum atomic E-state index is -0.788. The molecule has 1 aromatic heterocycles. The summed E-state index contributed by atoms with van der Waals surface area (Å²) in [6.07, 6.45) is 1.26. The fraction of sp³-hybridized carbons (Fsp3) is 0.464. The van der Waals surface area contributed by atoms with Gasteiger partial charge < -0.3 is 21.1 Å². The molecule has 0 bridgehead atoms. The Morgan fingerprint density at radius 1 is 1.00 bits per heavy atom. The highest BCUT2D eigenvalue weighted by Gasteiger charge is 2.27. The highest BCUT2D eigenvalue weighted by atomic mass is 16.6. The summed E-state index contributed by atoms with van der Waals surface area (Å²) in [7, 11) is 0. The number of nitrogens with zero attached hydrogens (tertiary/aromatic N) is 1. The lowest BCUT2D eigenvalue weighted by atomic mass is 9.99. The van der Waals surface area contributed by atoms with Crippen LogP contribution in [0.1, 0.15) is 69.1 Å². The molecule has 2 atom stereocenters. The number of amides is 2. The number of nitrogens with two attached hydrogens (primary N) is 1. The van der Waals surface area contributed by atoms with Crippen LogP contribution in [0.2, 0.25) is 0 Å². The number of hydrogen-bond acceptors (Lipinski definition) is 7. The average molecular weight is 511 g/mol. The number of carbonyl (C=O) groups is 4. The van der Waals surface area contributed by atoms with Crippen molar-refractivity contribution in [3.63, 3.8) is 0 Å². The van der Waals surface area contributed by atoms with E-state index < -0.39 is 23.8 Å². The molecule has 1 unspecified atom stereocenters. The molecule has 2 rings (SSSR count). The van der Waals surface area contributed by atoms with E-state index in [0.717, 1.165) is 5.56 Å². The first kappa shape index (κ1) is 29.6. The lowest BCUT2D eigenvalue weighted by Crippen LogP contribution is -2.50. The summed E-state index contributed by atoms with van der Waals surface area (Å²) in [5.74, 6) is -1.01. The van der Waals surface area contributed by atoms with E-state index in [4.69, 9.17) is 10.5 Å². The van der Waals surface area contributed by atoms with Crippen molar-refractivity contribution in [2.24, 2.45) is 11.7 Å². The van der Waals surface area contributed by atoms with E-state index in [1.165, 1.54) is 6.20 Å². The molecule has 0 aliphatic rings. The number of nitrogens with one attached hydrogen (secondary N) is 2. The zero-order valence-corrected chi connectivity index (χ0v) is 22.2. The Hall–Kier alpha value is -3.59. The molecule has 9 nitrogen and oxygen atoms in total. The Labute approximate surface area is 218 Å². The first-order valence-electron chi connectivity index (χ1n) is 12.4. The lowest BCUT2D eigenvalue weighted by Gasteiger charge is -2.25. The largest absolute Gasteiger partial charge is 0.444 e. The molecule has 1 heterocycles. The quantitative estimate of drug-likeness (QED) is 0.372. The van der Waals surface area contributed by atoms with Crippen LogP contribution >= 0.6 is 0 Å². The van der Waals surface area contributed by atoms with Crippen molar-refractivity contribution in [3.8, 4) is 0 Å². The molecule has 0 spiro atoms. The second-order valence-corrected chi connectivity index (χ2v) is 10.3. The summed E-state index contributed by atoms with van der Waals surface area (Å²) < 4.78 is 5.25. The summed E-state index contributed by atoms with van der Waals surface area (Å²) in [5.41, 5.74) is 7.18. The molecular weight excluding hydrogens is 472 g/mol. The smallest absolute Gasteiger partial charge is 0.408 e. The fourth-order valence-electron chi connectivity index (χ4n) is 3.54. The average Bonchev–Trinajstić information content (AvgIpc) is 2.83. The zero-order chi connectivity index (χ0) is 27.6. The molecule has 0 aliphatic carbocycles. The SMILES string of the molecule is CC(C)[C@H](NC(=O)OC(C)(C)C)C(=O)NCc1ccnc(C(=O)CCC(=O)C(N)Cc2ccccc2)c1. The molecule has 2 aromatic rings. The molecule has 0 radical (unpaired) electrons. The number of carbonyl (C=O) groups excluding carboxylic acids is 4. The molecule has 0 fully saturated rings. The van der Waals surface area contributed by atoms with Crippen LogP contribution in [0.5, 0.6) is 0 Å². The van der Waals surface area contributed by atoms with Gasteiger partial charge in [0.25, 0.3) is 0 Å². The van der Waals surface area contributed by atoms with Crippen LogP contribution in [0.3, 0.4) is 0 Å². The van der Waals surface area contributed by atoms with E-state index >= 15 is 0 Å². The van der Waals surface area contributed by atoms with E-state index in [1.54, 1.807) is 32.9 Å². The van der Waals surface area contributed by atoms with Gasteiger partial charge in [0.1, 0.15) is 23.1 Å². The third kappa shape index (κ3) is 10.5. The maximum absolute atomic E-state index is 12.7. The molecule has 1 aromatic carbocycles. The second kappa shape index (κ2) is 13.6. The summed E-state index contributed by atoms with van der Waals surface area (Å²) >= 11 is 0. The Balaban J connectivity index is 1.89. The van der Waals surface area contributed by atoms with Crippen molar-refractivity contribution in [2.75, 3.05) is 0 Å². The van der Waals surface area contributed by atoms with E-state index in [9.17, 15) is 19.2 Å². The summed E-state index contributed by atoms with van der Waals surface area (Å²) in [6, 6.07) is 11.3. The minimum Gasteiger partial charge on any atom is -0.444 e. The Bertz CT molecular complexity index is 1080. The second-order valence-electron chi connectivity index (χ2n) is 10.3. The number of ether oxygens (including phenoxy) is 1. The van der Waals surface area contributed by atoms with Gasteiger partial charge in [-0.1, -0.05) is 44.2 Å². The van der Waals surface area contributed by atoms with Crippen molar-refractivity contribution >= 4 is 23.6 Å². The zero-order valence-electron chi connectivity index (χ0n) is 22.2. The number of alkyl carbamates (subject to hydrolysis) is 1. The third-order valence-corrected chi connectivity index (χ3v) is 5.51. The highest BCUT2D eigenvalue weighted by Crippen LogP contribution is 2.11. The van der Waals surface area contributed by atoms with Crippen LogP contribution in [0.25, 0.3) is 0 Å². The highest BCUT2D eigenvalue weighted by molar-refractivity contribution is 5.97. The van der Waals surface area contributed by atoms with Crippen LogP contribution in [0, 0.1) is 5.92 Å². The van der Waals surface area contributed by atoms with E-state index in [2.05, 4.69) is 15.6 Å². The number of ketones is 2. The number of benzene rings is 1. The number of hydrogen-bond donors (Lipinski definition) is 3. The van der Waals surface area contributed by atoms with Gasteiger partial charge in [0.15, 0.2) is 5.78 Å². The van der Waals surface area contributed by atoms with Crippen molar-refractivity contribution in [1.82, 2.24) is 15.6 Å². The van der Waals surface area contributed by atoms with Gasteiger partial charge in [0.05, 0.1) is 6.04 Å². The monoisotopic (exact) mass is 510 g/mol. The predicted molar refractivity (Wildman–Crippen MR) is 141 cm³/mol. The third-order valence-electron chi connectivity index (χ3n) is 5.51. The molecule has 0 aliphatic heterocycles. The van der Waals surface area contributed by atoms with Crippen molar-refractivity contribution in [3.05, 3.63) is 65.5 Å². The Kier molecular flexibility index (Phi) is 10.9. The Morgan fingerprint density at radius 3 is 2.30 bits per heavy atom. The van der Waals surface area contributed by atoms with Crippen LogP contribution in [-0.4, -0.2) is 46.2 Å². The molecule has 37 heavy (non-hydrogen) atoms. The standard InChI is InChI=1S/C28H38N4O5/c1-18(2)25(32-27(36)37-28(3,4)5)26(35)31-17-20-13-14-30-22(16-20)24(34)12-11-23(33)21(29)15-19-9-7-6-8-10-19/h6-10,13-14,16,18,21,25H,11-12,15,17,29H2,1-5H3,(H,31,35)(H,32,36)/t21?,25-/m0/s1. The Morgan fingerprint density at radius 2 is 1.68 bits per heavy atom. The molecule has 9 heteroatoms. The first-order valence-corrected chi connectivity index (χ1v) is 12.4. The maximum Gasteiger partial charge on any atom is 0.408 e. The fourth-order valence-corrected chi connectivity index (χ4v) is 3.54. The van der Waals surface area contributed by atoms with E-state index in [0.29, 0.717) is 12.0 Å². The van der Waals surface area contributed by atoms with Gasteiger partial charge in [0.2, 0.25) is 5.91 Å². The van der Waals surface area contributed by atoms with Crippen molar-refractivity contribution in [1.29, 1.82) is 0 Å². The van der Waals surface area contributed by atoms with Crippen LogP contribution in [0.4, 0.5) is 4.79 Å². The van der Waals surface area contributed by atoms with Crippen LogP contribution < -0.4 is 16.4 Å². The number of rotatable bonds is 12. The van der Waals surface area contributed by atoms with Gasteiger partial charge in [-0.25, -0.2) is 4.79 Å². The predicted octanol–water partition coefficient (Wildman–Crippen LogP) is 3.35. The molecule has 0 saturated carbocycles. The van der Waals surface area contributed by atoms with Gasteiger partial charge in [-0.3, -0.25) is 19.4 Å². The molecule has 200 valence electrons.